The summed E-state index contributed by atoms with van der Waals surface area (Å²) in [5.41, 5.74) is 5.48. The second-order valence-corrected chi connectivity index (χ2v) is 8.77. The van der Waals surface area contributed by atoms with E-state index >= 15 is 0 Å². The molecule has 0 saturated carbocycles. The number of hydrogen-bond donors (Lipinski definition) is 1. The number of aryl methyl sites for hydroxylation is 1. The Labute approximate surface area is 181 Å². The average Bonchev–Trinajstić information content (AvgIpc) is 2.75. The van der Waals surface area contributed by atoms with Gasteiger partial charge in [-0.1, -0.05) is 17.7 Å². The molecule has 7 heteroatoms. The number of halogens is 1. The monoisotopic (exact) mass is 423 g/mol. The maximum absolute atomic E-state index is 12.6. The summed E-state index contributed by atoms with van der Waals surface area (Å²) in [6.45, 7) is 7.52. The number of piperazine rings is 1. The lowest BCUT2D eigenvalue weighted by atomic mass is 9.83. The van der Waals surface area contributed by atoms with E-state index in [0.717, 1.165) is 74.9 Å². The molecule has 1 amide bonds. The summed E-state index contributed by atoms with van der Waals surface area (Å²) in [4.78, 5) is 26.4. The third kappa shape index (κ3) is 3.59. The van der Waals surface area contributed by atoms with Crippen LogP contribution >= 0.6 is 11.6 Å². The fourth-order valence-corrected chi connectivity index (χ4v) is 5.09. The summed E-state index contributed by atoms with van der Waals surface area (Å²) in [6, 6.07) is 8.14. The van der Waals surface area contributed by atoms with Crippen molar-refractivity contribution in [3.8, 4) is 0 Å². The smallest absolute Gasteiger partial charge is 0.233 e. The molecule has 3 aliphatic heterocycles. The van der Waals surface area contributed by atoms with Gasteiger partial charge in [-0.3, -0.25) is 14.7 Å². The maximum atomic E-state index is 12.6. The highest BCUT2D eigenvalue weighted by atomic mass is 35.5. The van der Waals surface area contributed by atoms with Crippen LogP contribution in [0.1, 0.15) is 29.5 Å². The number of rotatable bonds is 3. The summed E-state index contributed by atoms with van der Waals surface area (Å²) in [5, 5.41) is 3.85. The lowest BCUT2D eigenvalue weighted by Crippen LogP contribution is -2.46. The number of aromatic nitrogens is 1. The highest BCUT2D eigenvalue weighted by Crippen LogP contribution is 2.34. The van der Waals surface area contributed by atoms with Gasteiger partial charge in [0.25, 0.3) is 0 Å². The summed E-state index contributed by atoms with van der Waals surface area (Å²) in [5.74, 6) is 0.884. The fourth-order valence-electron chi connectivity index (χ4n) is 4.85. The highest BCUT2D eigenvalue weighted by molar-refractivity contribution is 6.32. The van der Waals surface area contributed by atoms with Gasteiger partial charge in [0.1, 0.15) is 5.82 Å². The molecule has 1 aromatic carbocycles. The number of hydrogen-bond acceptors (Lipinski definition) is 5. The predicted molar refractivity (Wildman–Crippen MR) is 121 cm³/mol. The molecule has 1 atom stereocenters. The van der Waals surface area contributed by atoms with Crippen molar-refractivity contribution in [2.45, 2.75) is 26.3 Å². The van der Waals surface area contributed by atoms with Gasteiger partial charge in [-0.25, -0.2) is 4.98 Å². The number of carbonyl (C=O) groups excluding carboxylic acids is 1. The zero-order valence-electron chi connectivity index (χ0n) is 17.2. The topological polar surface area (TPSA) is 60.8 Å². The zero-order valence-corrected chi connectivity index (χ0v) is 18.0. The van der Waals surface area contributed by atoms with Gasteiger partial charge >= 0.3 is 0 Å². The molecule has 30 heavy (non-hydrogen) atoms. The van der Waals surface area contributed by atoms with Gasteiger partial charge in [0.05, 0.1) is 22.3 Å². The van der Waals surface area contributed by atoms with Crippen LogP contribution in [-0.2, 0) is 11.3 Å². The Kier molecular flexibility index (Phi) is 5.21. The minimum Gasteiger partial charge on any atom is -0.353 e. The molecule has 6 nitrogen and oxygen atoms in total. The number of amides is 1. The van der Waals surface area contributed by atoms with E-state index in [1.165, 1.54) is 11.1 Å². The first-order valence-corrected chi connectivity index (χ1v) is 11.0. The van der Waals surface area contributed by atoms with Gasteiger partial charge in [0, 0.05) is 51.0 Å². The molecule has 1 N–H and O–H groups in total. The lowest BCUT2D eigenvalue weighted by Gasteiger charge is -2.36. The molecule has 3 aliphatic rings. The Morgan fingerprint density at radius 1 is 1.23 bits per heavy atom. The summed E-state index contributed by atoms with van der Waals surface area (Å²) in [7, 11) is 0. The molecular weight excluding hydrogens is 398 g/mol. The van der Waals surface area contributed by atoms with Crippen LogP contribution in [0.4, 0.5) is 11.5 Å². The second kappa shape index (κ2) is 8.00. The SMILES string of the molecule is Cc1cc(CN2CCN(c3ncccc3Cl)CC2)cc2c1C1=NCCCC1C(=O)N2. The maximum Gasteiger partial charge on any atom is 0.233 e. The Hall–Kier alpha value is -2.44. The first kappa shape index (κ1) is 19.5. The van der Waals surface area contributed by atoms with Gasteiger partial charge in [-0.15, -0.1) is 0 Å². The van der Waals surface area contributed by atoms with Crippen molar-refractivity contribution >= 4 is 34.7 Å². The van der Waals surface area contributed by atoms with Crippen LogP contribution in [0.3, 0.4) is 0 Å². The van der Waals surface area contributed by atoms with E-state index in [4.69, 9.17) is 16.6 Å². The Morgan fingerprint density at radius 2 is 2.07 bits per heavy atom. The minimum atomic E-state index is -0.0812. The number of nitrogens with one attached hydrogen (secondary N) is 1. The molecule has 1 saturated heterocycles. The third-order valence-corrected chi connectivity index (χ3v) is 6.60. The largest absolute Gasteiger partial charge is 0.353 e. The zero-order chi connectivity index (χ0) is 20.7. The molecule has 4 heterocycles. The number of aliphatic imine (C=N–C) groups is 1. The van der Waals surface area contributed by atoms with Crippen LogP contribution in [-0.4, -0.2) is 54.2 Å². The molecule has 156 valence electrons. The number of anilines is 2. The van der Waals surface area contributed by atoms with Crippen molar-refractivity contribution in [1.29, 1.82) is 0 Å². The standard InChI is InChI=1S/C23H26ClN5O/c1-15-12-16(13-19-20(15)21-17(23(30)27-19)4-2-6-25-21)14-28-8-10-29(11-9-28)22-18(24)5-3-7-26-22/h3,5,7,12-13,17H,2,4,6,8-11,14H2,1H3,(H,27,30). The molecule has 0 radical (unpaired) electrons. The van der Waals surface area contributed by atoms with E-state index in [1.807, 2.05) is 12.1 Å². The van der Waals surface area contributed by atoms with E-state index in [0.29, 0.717) is 5.02 Å². The number of fused-ring (bicyclic) bond motifs is 3. The third-order valence-electron chi connectivity index (χ3n) is 6.31. The van der Waals surface area contributed by atoms with E-state index in [-0.39, 0.29) is 11.8 Å². The van der Waals surface area contributed by atoms with Crippen molar-refractivity contribution in [3.05, 3.63) is 52.2 Å². The van der Waals surface area contributed by atoms with E-state index in [1.54, 1.807) is 6.20 Å². The number of pyridine rings is 1. The molecule has 1 aromatic heterocycles. The van der Waals surface area contributed by atoms with Crippen LogP contribution in [0, 0.1) is 12.8 Å². The number of nitrogens with zero attached hydrogens (tertiary/aromatic N) is 4. The van der Waals surface area contributed by atoms with Gasteiger partial charge in [0.2, 0.25) is 5.91 Å². The lowest BCUT2D eigenvalue weighted by molar-refractivity contribution is -0.118. The summed E-state index contributed by atoms with van der Waals surface area (Å²) in [6.07, 6.45) is 3.68. The quantitative estimate of drug-likeness (QED) is 0.820. The summed E-state index contributed by atoms with van der Waals surface area (Å²) < 4.78 is 0. The molecule has 2 aromatic rings. The van der Waals surface area contributed by atoms with Crippen molar-refractivity contribution < 1.29 is 4.79 Å². The van der Waals surface area contributed by atoms with Crippen LogP contribution in [0.25, 0.3) is 0 Å². The van der Waals surface area contributed by atoms with Crippen molar-refractivity contribution in [1.82, 2.24) is 9.88 Å². The fraction of sp³-hybridized carbons (Fsp3) is 0.435. The number of benzene rings is 1. The molecule has 1 fully saturated rings. The molecule has 0 aliphatic carbocycles. The molecule has 5 rings (SSSR count). The van der Waals surface area contributed by atoms with Crippen LogP contribution in [0.2, 0.25) is 5.02 Å². The van der Waals surface area contributed by atoms with Crippen molar-refractivity contribution in [2.24, 2.45) is 10.9 Å². The highest BCUT2D eigenvalue weighted by Gasteiger charge is 2.34. The second-order valence-electron chi connectivity index (χ2n) is 8.36. The van der Waals surface area contributed by atoms with Gasteiger partial charge in [-0.05, 0) is 49.1 Å². The van der Waals surface area contributed by atoms with E-state index < -0.39 is 0 Å². The Balaban J connectivity index is 1.31. The minimum absolute atomic E-state index is 0.0812. The average molecular weight is 424 g/mol. The van der Waals surface area contributed by atoms with E-state index in [2.05, 4.69) is 39.2 Å². The molecule has 1 unspecified atom stereocenters. The summed E-state index contributed by atoms with van der Waals surface area (Å²) >= 11 is 6.31. The van der Waals surface area contributed by atoms with Gasteiger partial charge in [-0.2, -0.15) is 0 Å². The molecule has 0 bridgehead atoms. The van der Waals surface area contributed by atoms with Crippen molar-refractivity contribution in [2.75, 3.05) is 42.9 Å². The first-order chi connectivity index (χ1) is 14.6. The molecular formula is C23H26ClN5O. The van der Waals surface area contributed by atoms with Gasteiger partial charge in [0.15, 0.2) is 0 Å². The first-order valence-electron chi connectivity index (χ1n) is 10.7. The normalized spacial score (nSPS) is 21.5. The Bertz CT molecular complexity index is 1010. The molecule has 0 spiro atoms. The van der Waals surface area contributed by atoms with Crippen LogP contribution in [0.15, 0.2) is 35.5 Å². The van der Waals surface area contributed by atoms with Gasteiger partial charge < -0.3 is 10.2 Å². The van der Waals surface area contributed by atoms with E-state index in [9.17, 15) is 4.79 Å². The Morgan fingerprint density at radius 3 is 2.87 bits per heavy atom. The number of carbonyl (C=O) groups is 1. The van der Waals surface area contributed by atoms with Crippen LogP contribution < -0.4 is 10.2 Å². The predicted octanol–water partition coefficient (Wildman–Crippen LogP) is 3.52. The van der Waals surface area contributed by atoms with Crippen LogP contribution in [0.5, 0.6) is 0 Å². The van der Waals surface area contributed by atoms with Crippen molar-refractivity contribution in [3.63, 3.8) is 0 Å².